The Hall–Kier alpha value is -2.13. The van der Waals surface area contributed by atoms with Crippen molar-refractivity contribution in [3.05, 3.63) is 11.9 Å². The predicted octanol–water partition coefficient (Wildman–Crippen LogP) is -0.937. The average molecular weight is 279 g/mol. The third kappa shape index (κ3) is 2.00. The second kappa shape index (κ2) is 4.76. The number of hydrazine groups is 1. The zero-order valence-electron chi connectivity index (χ0n) is 10.9. The lowest BCUT2D eigenvalue weighted by atomic mass is 10.0. The number of rotatable bonds is 2. The van der Waals surface area contributed by atoms with Crippen LogP contribution in [0.15, 0.2) is 21.9 Å². The van der Waals surface area contributed by atoms with E-state index >= 15 is 0 Å². The zero-order valence-corrected chi connectivity index (χ0v) is 10.9. The van der Waals surface area contributed by atoms with E-state index in [1.54, 1.807) is 12.5 Å². The van der Waals surface area contributed by atoms with Crippen LogP contribution in [0.1, 0.15) is 12.8 Å². The van der Waals surface area contributed by atoms with E-state index in [1.807, 2.05) is 0 Å². The Morgan fingerprint density at radius 2 is 2.30 bits per heavy atom. The third-order valence-corrected chi connectivity index (χ3v) is 3.80. The van der Waals surface area contributed by atoms with Gasteiger partial charge in [0, 0.05) is 19.1 Å². The first kappa shape index (κ1) is 12.9. The predicted molar refractivity (Wildman–Crippen MR) is 72.7 cm³/mol. The normalized spacial score (nSPS) is 29.1. The summed E-state index contributed by atoms with van der Waals surface area (Å²) < 4.78 is 0. The van der Waals surface area contributed by atoms with E-state index in [9.17, 15) is 4.79 Å². The van der Waals surface area contributed by atoms with Crippen LogP contribution in [0.25, 0.3) is 0 Å². The maximum Gasteiger partial charge on any atom is 0.407 e. The number of carboxylic acid groups (broad SMARTS) is 1. The minimum atomic E-state index is -0.866. The van der Waals surface area contributed by atoms with Crippen LogP contribution in [0, 0.1) is 0 Å². The Morgan fingerprint density at radius 3 is 3.00 bits per heavy atom. The number of hydrogen-bond acceptors (Lipinski definition) is 7. The van der Waals surface area contributed by atoms with E-state index in [2.05, 4.69) is 20.6 Å². The molecule has 9 nitrogen and oxygen atoms in total. The molecule has 1 saturated heterocycles. The van der Waals surface area contributed by atoms with Crippen molar-refractivity contribution in [3.63, 3.8) is 0 Å². The van der Waals surface area contributed by atoms with Crippen LogP contribution in [0.5, 0.6) is 0 Å². The van der Waals surface area contributed by atoms with Gasteiger partial charge in [-0.3, -0.25) is 10.3 Å². The lowest BCUT2D eigenvalue weighted by Gasteiger charge is -2.43. The number of fused-ring (bicyclic) bond motifs is 1. The van der Waals surface area contributed by atoms with Crippen LogP contribution < -0.4 is 16.5 Å². The zero-order chi connectivity index (χ0) is 14.2. The van der Waals surface area contributed by atoms with E-state index in [4.69, 9.17) is 10.9 Å². The van der Waals surface area contributed by atoms with Crippen molar-refractivity contribution in [2.24, 2.45) is 15.8 Å². The number of aliphatic imine (C=N–C) groups is 2. The summed E-state index contributed by atoms with van der Waals surface area (Å²) >= 11 is 0. The van der Waals surface area contributed by atoms with Crippen molar-refractivity contribution in [1.82, 2.24) is 20.5 Å². The fourth-order valence-corrected chi connectivity index (χ4v) is 2.66. The van der Waals surface area contributed by atoms with E-state index in [-0.39, 0.29) is 6.04 Å². The lowest BCUT2D eigenvalue weighted by molar-refractivity contribution is 0.0995. The van der Waals surface area contributed by atoms with E-state index in [0.29, 0.717) is 18.8 Å². The fraction of sp³-hybridized carbons (Fsp3) is 0.545. The minimum Gasteiger partial charge on any atom is -0.465 e. The summed E-state index contributed by atoms with van der Waals surface area (Å²) in [6.45, 7) is 1.03. The number of piperidine rings is 1. The Bertz CT molecular complexity index is 495. The molecule has 0 bridgehead atoms. The molecule has 1 unspecified atom stereocenters. The first-order valence-corrected chi connectivity index (χ1v) is 6.45. The van der Waals surface area contributed by atoms with Gasteiger partial charge in [-0.25, -0.2) is 20.6 Å². The van der Waals surface area contributed by atoms with Gasteiger partial charge in [0.05, 0.1) is 12.5 Å². The number of likely N-dealkylation sites (tertiary alicyclic amines) is 1. The summed E-state index contributed by atoms with van der Waals surface area (Å²) in [5.74, 6) is 5.20. The van der Waals surface area contributed by atoms with Crippen LogP contribution in [0.3, 0.4) is 0 Å². The molecule has 1 amide bonds. The molecule has 0 aromatic heterocycles. The van der Waals surface area contributed by atoms with Crippen molar-refractivity contribution in [2.45, 2.75) is 24.7 Å². The van der Waals surface area contributed by atoms with Crippen molar-refractivity contribution >= 4 is 18.8 Å². The number of nitrogens with zero attached hydrogens (tertiary/aromatic N) is 4. The molecule has 1 atom stereocenters. The van der Waals surface area contributed by atoms with Crippen LogP contribution in [0.4, 0.5) is 4.79 Å². The highest BCUT2D eigenvalue weighted by Crippen LogP contribution is 2.25. The van der Waals surface area contributed by atoms with Gasteiger partial charge < -0.3 is 15.3 Å². The quantitative estimate of drug-likeness (QED) is 0.485. The first-order chi connectivity index (χ1) is 9.62. The molecule has 3 rings (SSSR count). The molecule has 3 heterocycles. The fourth-order valence-electron chi connectivity index (χ4n) is 2.66. The molecule has 0 aromatic rings. The minimum absolute atomic E-state index is 0.153. The Kier molecular flexibility index (Phi) is 3.07. The lowest BCUT2D eigenvalue weighted by Crippen LogP contribution is -2.71. The number of carbonyl (C=O) groups is 1. The highest BCUT2D eigenvalue weighted by atomic mass is 16.4. The Labute approximate surface area is 115 Å². The highest BCUT2D eigenvalue weighted by Gasteiger charge is 2.44. The topological polar surface area (TPSA) is 119 Å². The standard InChI is InChI=1S/C11H17N7O2/c12-18-7-13-5-9-11(18,15-6-14-9)16-8-1-3-17(4-2-8)10(19)20/h5-8,16H,1-4,12H2,(H,14,15)(H,19,20). The second-order valence-electron chi connectivity index (χ2n) is 4.99. The number of nitrogens with one attached hydrogen (secondary N) is 2. The van der Waals surface area contributed by atoms with Crippen LogP contribution in [-0.2, 0) is 0 Å². The Morgan fingerprint density at radius 1 is 1.55 bits per heavy atom. The first-order valence-electron chi connectivity index (χ1n) is 6.45. The molecule has 3 aliphatic rings. The SMILES string of the molecule is NN1C=NC=C2N=CNC21NC1CCN(C(=O)O)CC1. The van der Waals surface area contributed by atoms with E-state index in [0.717, 1.165) is 12.8 Å². The average Bonchev–Trinajstić information content (AvgIpc) is 2.85. The summed E-state index contributed by atoms with van der Waals surface area (Å²) in [7, 11) is 0. The van der Waals surface area contributed by atoms with Crippen LogP contribution in [0.2, 0.25) is 0 Å². The summed E-state index contributed by atoms with van der Waals surface area (Å²) in [5, 5.41) is 16.9. The van der Waals surface area contributed by atoms with Gasteiger partial charge in [-0.2, -0.15) is 0 Å². The number of hydrogen-bond donors (Lipinski definition) is 4. The molecular formula is C11H17N7O2. The molecular weight excluding hydrogens is 262 g/mol. The van der Waals surface area contributed by atoms with E-state index < -0.39 is 11.9 Å². The monoisotopic (exact) mass is 279 g/mol. The second-order valence-corrected chi connectivity index (χ2v) is 4.99. The largest absolute Gasteiger partial charge is 0.465 e. The van der Waals surface area contributed by atoms with Gasteiger partial charge in [0.25, 0.3) is 0 Å². The summed E-state index contributed by atoms with van der Waals surface area (Å²) in [5.41, 5.74) is 0.697. The molecule has 3 aliphatic heterocycles. The van der Waals surface area contributed by atoms with Crippen molar-refractivity contribution in [3.8, 4) is 0 Å². The maximum absolute atomic E-state index is 10.9. The molecule has 0 spiro atoms. The van der Waals surface area contributed by atoms with Gasteiger partial charge in [-0.05, 0) is 12.8 Å². The van der Waals surface area contributed by atoms with E-state index in [1.165, 1.54) is 16.2 Å². The van der Waals surface area contributed by atoms with Gasteiger partial charge in [0.1, 0.15) is 12.0 Å². The van der Waals surface area contributed by atoms with Crippen molar-refractivity contribution in [1.29, 1.82) is 0 Å². The summed E-state index contributed by atoms with van der Waals surface area (Å²) in [6.07, 6.45) is 5.35. The van der Waals surface area contributed by atoms with Gasteiger partial charge in [0.2, 0.25) is 5.79 Å². The van der Waals surface area contributed by atoms with Gasteiger partial charge >= 0.3 is 6.09 Å². The number of amides is 1. The third-order valence-electron chi connectivity index (χ3n) is 3.80. The van der Waals surface area contributed by atoms with Gasteiger partial charge in [0.15, 0.2) is 0 Å². The molecule has 9 heteroatoms. The van der Waals surface area contributed by atoms with Gasteiger partial charge in [-0.15, -0.1) is 0 Å². The van der Waals surface area contributed by atoms with Crippen molar-refractivity contribution < 1.29 is 9.90 Å². The maximum atomic E-state index is 10.9. The molecule has 20 heavy (non-hydrogen) atoms. The van der Waals surface area contributed by atoms with Gasteiger partial charge in [-0.1, -0.05) is 0 Å². The number of nitrogens with two attached hydrogens (primary N) is 1. The molecule has 0 aliphatic carbocycles. The summed E-state index contributed by atoms with van der Waals surface area (Å²) in [4.78, 5) is 20.5. The van der Waals surface area contributed by atoms with Crippen molar-refractivity contribution in [2.75, 3.05) is 13.1 Å². The summed E-state index contributed by atoms with van der Waals surface area (Å²) in [6, 6.07) is 0.153. The molecule has 108 valence electrons. The molecule has 0 saturated carbocycles. The molecule has 0 radical (unpaired) electrons. The van der Waals surface area contributed by atoms with Crippen LogP contribution in [-0.4, -0.2) is 58.7 Å². The molecule has 0 aromatic carbocycles. The highest BCUT2D eigenvalue weighted by molar-refractivity contribution is 5.69. The van der Waals surface area contributed by atoms with Crippen LogP contribution >= 0.6 is 0 Å². The Balaban J connectivity index is 1.68. The molecule has 1 fully saturated rings. The smallest absolute Gasteiger partial charge is 0.407 e. The molecule has 5 N–H and O–H groups in total.